The molecule has 1 N–H and O–H groups in total. The number of rotatable bonds is 3. The maximum Gasteiger partial charge on any atom is 0.416 e. The van der Waals surface area contributed by atoms with E-state index in [1.807, 2.05) is 24.3 Å². The van der Waals surface area contributed by atoms with Gasteiger partial charge in [-0.2, -0.15) is 13.2 Å². The highest BCUT2D eigenvalue weighted by atomic mass is 32.1. The van der Waals surface area contributed by atoms with E-state index in [-0.39, 0.29) is 5.41 Å². The summed E-state index contributed by atoms with van der Waals surface area (Å²) in [5.41, 5.74) is 2.70. The zero-order valence-corrected chi connectivity index (χ0v) is 17.7. The summed E-state index contributed by atoms with van der Waals surface area (Å²) in [6.45, 7) is 5.17. The van der Waals surface area contributed by atoms with Crippen molar-refractivity contribution < 1.29 is 13.2 Å². The van der Waals surface area contributed by atoms with Gasteiger partial charge in [0.05, 0.1) is 21.5 Å². The van der Waals surface area contributed by atoms with E-state index < -0.39 is 11.7 Å². The monoisotopic (exact) mass is 440 g/mol. The molecule has 0 fully saturated rings. The molecule has 0 aliphatic carbocycles. The second-order valence-corrected chi connectivity index (χ2v) is 9.22. The van der Waals surface area contributed by atoms with Crippen molar-refractivity contribution in [2.75, 3.05) is 16.8 Å². The Morgan fingerprint density at radius 3 is 2.68 bits per heavy atom. The van der Waals surface area contributed by atoms with Crippen LogP contribution in [0.15, 0.2) is 60.8 Å². The fourth-order valence-corrected chi connectivity index (χ4v) is 4.88. The molecule has 0 amide bonds. The van der Waals surface area contributed by atoms with Gasteiger partial charge in [0.15, 0.2) is 10.9 Å². The molecule has 0 atom stereocenters. The number of nitrogens with zero attached hydrogens (tertiary/aromatic N) is 3. The van der Waals surface area contributed by atoms with Gasteiger partial charge in [0.1, 0.15) is 0 Å². The summed E-state index contributed by atoms with van der Waals surface area (Å²) in [6, 6.07) is 15.6. The number of hydrogen-bond donors (Lipinski definition) is 1. The van der Waals surface area contributed by atoms with Crippen LogP contribution in [0.2, 0.25) is 0 Å². The number of para-hydroxylation sites is 1. The van der Waals surface area contributed by atoms with Crippen molar-refractivity contribution in [2.45, 2.75) is 25.4 Å². The summed E-state index contributed by atoms with van der Waals surface area (Å²) in [5.74, 6) is 0.760. The Kier molecular flexibility index (Phi) is 4.44. The normalized spacial score (nSPS) is 15.3. The Bertz CT molecular complexity index is 1280. The van der Waals surface area contributed by atoms with Crippen LogP contribution in [0.4, 0.5) is 35.5 Å². The molecule has 1 aliphatic rings. The molecule has 4 aromatic rings. The van der Waals surface area contributed by atoms with Crippen molar-refractivity contribution in [3.05, 3.63) is 71.9 Å². The van der Waals surface area contributed by atoms with Gasteiger partial charge in [0.2, 0.25) is 0 Å². The van der Waals surface area contributed by atoms with Crippen molar-refractivity contribution in [2.24, 2.45) is 0 Å². The molecule has 0 saturated heterocycles. The number of aromatic nitrogens is 2. The zero-order chi connectivity index (χ0) is 21.8. The number of anilines is 4. The van der Waals surface area contributed by atoms with Gasteiger partial charge in [0.25, 0.3) is 0 Å². The van der Waals surface area contributed by atoms with Crippen LogP contribution in [-0.2, 0) is 11.6 Å². The number of fused-ring (bicyclic) bond motifs is 2. The quantitative estimate of drug-likeness (QED) is 0.377. The lowest BCUT2D eigenvalue weighted by Gasteiger charge is -2.23. The number of halogens is 3. The summed E-state index contributed by atoms with van der Waals surface area (Å²) in [6.07, 6.45) is -2.65. The highest BCUT2D eigenvalue weighted by Gasteiger charge is 2.36. The van der Waals surface area contributed by atoms with Crippen molar-refractivity contribution in [1.29, 1.82) is 0 Å². The first-order valence-electron chi connectivity index (χ1n) is 9.79. The van der Waals surface area contributed by atoms with E-state index in [2.05, 4.69) is 46.2 Å². The van der Waals surface area contributed by atoms with E-state index in [1.54, 1.807) is 6.20 Å². The molecule has 2 aromatic heterocycles. The number of thiazole rings is 1. The predicted molar refractivity (Wildman–Crippen MR) is 119 cm³/mol. The molecule has 1 aliphatic heterocycles. The third kappa shape index (κ3) is 3.50. The van der Waals surface area contributed by atoms with Crippen LogP contribution in [0.1, 0.15) is 25.0 Å². The zero-order valence-electron chi connectivity index (χ0n) is 16.9. The standard InChI is InChI=1S/C23H19F3N4S/c1-22(2)13-30(18-8-4-3-6-15(18)22)20-16(7-5-11-27-20)28-21-29-17-12-14(23(24,25)26)9-10-19(17)31-21/h3-12H,13H2,1-2H3,(H,28,29). The first kappa shape index (κ1) is 19.8. The second kappa shape index (κ2) is 6.95. The van der Waals surface area contributed by atoms with E-state index in [0.717, 1.165) is 35.9 Å². The van der Waals surface area contributed by atoms with Crippen molar-refractivity contribution >= 4 is 43.9 Å². The van der Waals surface area contributed by atoms with E-state index in [1.165, 1.54) is 23.0 Å². The van der Waals surface area contributed by atoms with Crippen molar-refractivity contribution in [1.82, 2.24) is 9.97 Å². The van der Waals surface area contributed by atoms with Gasteiger partial charge in [-0.15, -0.1) is 0 Å². The number of benzene rings is 2. The summed E-state index contributed by atoms with van der Waals surface area (Å²) in [5, 5.41) is 3.80. The van der Waals surface area contributed by atoms with Gasteiger partial charge < -0.3 is 10.2 Å². The number of hydrogen-bond acceptors (Lipinski definition) is 5. The van der Waals surface area contributed by atoms with Crippen LogP contribution in [0.5, 0.6) is 0 Å². The molecule has 31 heavy (non-hydrogen) atoms. The third-order valence-corrected chi connectivity index (χ3v) is 6.43. The Morgan fingerprint density at radius 1 is 1.06 bits per heavy atom. The van der Waals surface area contributed by atoms with Crippen LogP contribution < -0.4 is 10.2 Å². The maximum atomic E-state index is 13.0. The largest absolute Gasteiger partial charge is 0.416 e. The van der Waals surface area contributed by atoms with Crippen molar-refractivity contribution in [3.63, 3.8) is 0 Å². The lowest BCUT2D eigenvalue weighted by molar-refractivity contribution is -0.137. The minimum atomic E-state index is -4.39. The summed E-state index contributed by atoms with van der Waals surface area (Å²) >= 11 is 1.31. The Morgan fingerprint density at radius 2 is 1.87 bits per heavy atom. The maximum absolute atomic E-state index is 13.0. The molecule has 3 heterocycles. The molecule has 8 heteroatoms. The highest BCUT2D eigenvalue weighted by molar-refractivity contribution is 7.22. The van der Waals surface area contributed by atoms with E-state index in [9.17, 15) is 13.2 Å². The summed E-state index contributed by atoms with van der Waals surface area (Å²) in [7, 11) is 0. The molecule has 5 rings (SSSR count). The molecule has 0 bridgehead atoms. The third-order valence-electron chi connectivity index (χ3n) is 5.48. The fourth-order valence-electron chi connectivity index (χ4n) is 4.02. The molecular formula is C23H19F3N4S. The number of nitrogens with one attached hydrogen (secondary N) is 1. The lowest BCUT2D eigenvalue weighted by atomic mass is 9.87. The second-order valence-electron chi connectivity index (χ2n) is 8.19. The van der Waals surface area contributed by atoms with Gasteiger partial charge in [0, 0.05) is 23.8 Å². The van der Waals surface area contributed by atoms with Gasteiger partial charge >= 0.3 is 6.18 Å². The minimum Gasteiger partial charge on any atom is -0.328 e. The average molecular weight is 440 g/mol. The highest BCUT2D eigenvalue weighted by Crippen LogP contribution is 2.45. The molecule has 2 aromatic carbocycles. The molecule has 0 unspecified atom stereocenters. The molecule has 0 saturated carbocycles. The van der Waals surface area contributed by atoms with Crippen molar-refractivity contribution in [3.8, 4) is 0 Å². The van der Waals surface area contributed by atoms with E-state index in [0.29, 0.717) is 15.3 Å². The van der Waals surface area contributed by atoms with Gasteiger partial charge in [-0.3, -0.25) is 0 Å². The number of alkyl halides is 3. The fraction of sp³-hybridized carbons (Fsp3) is 0.217. The van der Waals surface area contributed by atoms with Crippen LogP contribution in [0.25, 0.3) is 10.2 Å². The van der Waals surface area contributed by atoms with Crippen LogP contribution in [0, 0.1) is 0 Å². The Hall–Kier alpha value is -3.13. The smallest absolute Gasteiger partial charge is 0.328 e. The SMILES string of the molecule is CC1(C)CN(c2ncccc2Nc2nc3cc(C(F)(F)F)ccc3s2)c2ccccc21. The summed E-state index contributed by atoms with van der Waals surface area (Å²) in [4.78, 5) is 11.2. The molecule has 0 spiro atoms. The molecular weight excluding hydrogens is 421 g/mol. The van der Waals surface area contributed by atoms with Crippen LogP contribution in [-0.4, -0.2) is 16.5 Å². The summed E-state index contributed by atoms with van der Waals surface area (Å²) < 4.78 is 39.8. The Labute approximate surface area is 181 Å². The van der Waals surface area contributed by atoms with Gasteiger partial charge in [-0.05, 0) is 42.0 Å². The number of pyridine rings is 1. The van der Waals surface area contributed by atoms with E-state index >= 15 is 0 Å². The lowest BCUT2D eigenvalue weighted by Crippen LogP contribution is -2.26. The first-order valence-corrected chi connectivity index (χ1v) is 10.6. The topological polar surface area (TPSA) is 41.1 Å². The van der Waals surface area contributed by atoms with Gasteiger partial charge in [-0.1, -0.05) is 43.4 Å². The molecule has 0 radical (unpaired) electrons. The van der Waals surface area contributed by atoms with E-state index in [4.69, 9.17) is 0 Å². The van der Waals surface area contributed by atoms with Crippen LogP contribution >= 0.6 is 11.3 Å². The van der Waals surface area contributed by atoms with Gasteiger partial charge in [-0.25, -0.2) is 9.97 Å². The Balaban J connectivity index is 1.51. The molecule has 4 nitrogen and oxygen atoms in total. The minimum absolute atomic E-state index is 0.0325. The van der Waals surface area contributed by atoms with Crippen LogP contribution in [0.3, 0.4) is 0 Å². The molecule has 158 valence electrons. The average Bonchev–Trinajstić information content (AvgIpc) is 3.25. The predicted octanol–water partition coefficient (Wildman–Crippen LogP) is 6.88. The first-order chi connectivity index (χ1) is 14.7.